The Bertz CT molecular complexity index is 460. The van der Waals surface area contributed by atoms with Crippen LogP contribution in [0.15, 0.2) is 12.2 Å². The summed E-state index contributed by atoms with van der Waals surface area (Å²) in [4.78, 5) is 36.2. The lowest BCUT2D eigenvalue weighted by atomic mass is 9.79. The molecular weight excluding hydrogens is 254 g/mol. The number of carbonyl (C=O) groups is 3. The van der Waals surface area contributed by atoms with Crippen LogP contribution < -0.4 is 0 Å². The van der Waals surface area contributed by atoms with Gasteiger partial charge in [-0.2, -0.15) is 0 Å². The number of Topliss-reactive ketones (excluding diaryl/α,β-unsaturated/α-hetero) is 1. The van der Waals surface area contributed by atoms with Crippen LogP contribution in [0.3, 0.4) is 0 Å². The van der Waals surface area contributed by atoms with Crippen molar-refractivity contribution in [1.82, 2.24) is 4.90 Å². The molecule has 0 atom stereocenters. The van der Waals surface area contributed by atoms with Gasteiger partial charge in [0.15, 0.2) is 0 Å². The van der Waals surface area contributed by atoms with Crippen molar-refractivity contribution in [3.63, 3.8) is 0 Å². The first-order chi connectivity index (χ1) is 9.61. The number of rotatable bonds is 5. The fraction of sp³-hybridized carbons (Fsp3) is 0.562. The predicted molar refractivity (Wildman–Crippen MR) is 74.4 cm³/mol. The van der Waals surface area contributed by atoms with E-state index in [2.05, 4.69) is 5.92 Å². The van der Waals surface area contributed by atoms with Crippen molar-refractivity contribution >= 4 is 17.6 Å². The van der Waals surface area contributed by atoms with Crippen LogP contribution in [0.5, 0.6) is 0 Å². The lowest BCUT2D eigenvalue weighted by Crippen LogP contribution is -2.36. The number of amides is 2. The van der Waals surface area contributed by atoms with E-state index in [9.17, 15) is 14.4 Å². The van der Waals surface area contributed by atoms with Gasteiger partial charge < -0.3 is 0 Å². The second kappa shape index (κ2) is 6.51. The quantitative estimate of drug-likeness (QED) is 0.566. The summed E-state index contributed by atoms with van der Waals surface area (Å²) in [6.45, 7) is 0.482. The molecule has 1 saturated carbocycles. The fourth-order valence-corrected chi connectivity index (χ4v) is 2.94. The molecule has 2 amide bonds. The molecule has 1 fully saturated rings. The minimum Gasteiger partial charge on any atom is -0.299 e. The summed E-state index contributed by atoms with van der Waals surface area (Å²) in [7, 11) is 0. The summed E-state index contributed by atoms with van der Waals surface area (Å²) >= 11 is 0. The maximum atomic E-state index is 11.9. The van der Waals surface area contributed by atoms with E-state index in [0.29, 0.717) is 25.3 Å². The van der Waals surface area contributed by atoms with Crippen molar-refractivity contribution < 1.29 is 14.4 Å². The molecule has 106 valence electrons. The predicted octanol–water partition coefficient (Wildman–Crippen LogP) is 1.70. The molecule has 2 aliphatic rings. The third kappa shape index (κ3) is 3.36. The summed E-state index contributed by atoms with van der Waals surface area (Å²) in [5, 5.41) is 0. The van der Waals surface area contributed by atoms with Crippen LogP contribution in [0, 0.1) is 24.2 Å². The van der Waals surface area contributed by atoms with E-state index >= 15 is 0 Å². The molecule has 1 aliphatic carbocycles. The number of hydrogen-bond donors (Lipinski definition) is 0. The molecule has 1 heterocycles. The molecule has 0 radical (unpaired) electrons. The number of ketones is 1. The Labute approximate surface area is 119 Å². The average molecular weight is 273 g/mol. The van der Waals surface area contributed by atoms with Gasteiger partial charge in [0.1, 0.15) is 5.78 Å². The zero-order chi connectivity index (χ0) is 14.5. The SMILES string of the molecule is C#CCCC(=O)C1CCC(CN2C(=O)C=CC2=O)CC1. The molecule has 20 heavy (non-hydrogen) atoms. The van der Waals surface area contributed by atoms with Gasteiger partial charge in [0.05, 0.1) is 0 Å². The van der Waals surface area contributed by atoms with Crippen LogP contribution in [0.1, 0.15) is 38.5 Å². The van der Waals surface area contributed by atoms with Gasteiger partial charge in [-0.15, -0.1) is 12.3 Å². The van der Waals surface area contributed by atoms with Crippen molar-refractivity contribution in [3.05, 3.63) is 12.2 Å². The molecule has 0 N–H and O–H groups in total. The lowest BCUT2D eigenvalue weighted by Gasteiger charge is -2.29. The van der Waals surface area contributed by atoms with E-state index in [0.717, 1.165) is 25.7 Å². The number of terminal acetylenes is 1. The third-order valence-corrected chi connectivity index (χ3v) is 4.16. The Kier molecular flexibility index (Phi) is 4.73. The van der Waals surface area contributed by atoms with Gasteiger partial charge >= 0.3 is 0 Å². The summed E-state index contributed by atoms with van der Waals surface area (Å²) in [6, 6.07) is 0. The van der Waals surface area contributed by atoms with Crippen molar-refractivity contribution in [1.29, 1.82) is 0 Å². The molecule has 0 aromatic carbocycles. The van der Waals surface area contributed by atoms with E-state index in [-0.39, 0.29) is 23.5 Å². The van der Waals surface area contributed by atoms with Crippen molar-refractivity contribution in [2.45, 2.75) is 38.5 Å². The van der Waals surface area contributed by atoms with Crippen LogP contribution in [-0.2, 0) is 14.4 Å². The van der Waals surface area contributed by atoms with E-state index in [1.807, 2.05) is 0 Å². The highest BCUT2D eigenvalue weighted by Gasteiger charge is 2.30. The Balaban J connectivity index is 1.77. The molecule has 0 saturated heterocycles. The molecule has 0 aromatic rings. The molecular formula is C16H19NO3. The molecule has 0 unspecified atom stereocenters. The minimum absolute atomic E-state index is 0.114. The monoisotopic (exact) mass is 273 g/mol. The van der Waals surface area contributed by atoms with Crippen LogP contribution in [0.4, 0.5) is 0 Å². The maximum absolute atomic E-state index is 11.9. The molecule has 0 bridgehead atoms. The summed E-state index contributed by atoms with van der Waals surface area (Å²) in [5.41, 5.74) is 0. The summed E-state index contributed by atoms with van der Waals surface area (Å²) in [6.07, 6.45) is 12.3. The topological polar surface area (TPSA) is 54.5 Å². The first-order valence-electron chi connectivity index (χ1n) is 7.11. The highest BCUT2D eigenvalue weighted by molar-refractivity contribution is 6.12. The second-order valence-corrected chi connectivity index (χ2v) is 5.51. The highest BCUT2D eigenvalue weighted by atomic mass is 16.2. The van der Waals surface area contributed by atoms with E-state index in [1.165, 1.54) is 17.1 Å². The van der Waals surface area contributed by atoms with E-state index in [1.54, 1.807) is 0 Å². The van der Waals surface area contributed by atoms with Gasteiger partial charge in [-0.05, 0) is 31.6 Å². The zero-order valence-corrected chi connectivity index (χ0v) is 11.5. The van der Waals surface area contributed by atoms with Gasteiger partial charge in [-0.25, -0.2) is 0 Å². The lowest BCUT2D eigenvalue weighted by molar-refractivity contribution is -0.138. The number of carbonyl (C=O) groups excluding carboxylic acids is 3. The fourth-order valence-electron chi connectivity index (χ4n) is 2.94. The first-order valence-corrected chi connectivity index (χ1v) is 7.11. The summed E-state index contributed by atoms with van der Waals surface area (Å²) < 4.78 is 0. The molecule has 4 nitrogen and oxygen atoms in total. The average Bonchev–Trinajstić information content (AvgIpc) is 2.77. The van der Waals surface area contributed by atoms with E-state index < -0.39 is 0 Å². The molecule has 2 rings (SSSR count). The Morgan fingerprint density at radius 1 is 1.20 bits per heavy atom. The van der Waals surface area contributed by atoms with E-state index in [4.69, 9.17) is 6.42 Å². The second-order valence-electron chi connectivity index (χ2n) is 5.51. The molecule has 0 spiro atoms. The largest absolute Gasteiger partial charge is 0.299 e. The van der Waals surface area contributed by atoms with Gasteiger partial charge in [0.2, 0.25) is 0 Å². The highest BCUT2D eigenvalue weighted by Crippen LogP contribution is 2.31. The molecule has 0 aromatic heterocycles. The van der Waals surface area contributed by atoms with Crippen LogP contribution in [0.25, 0.3) is 0 Å². The van der Waals surface area contributed by atoms with Crippen molar-refractivity contribution in [2.24, 2.45) is 11.8 Å². The molecule has 4 heteroatoms. The Hall–Kier alpha value is -1.89. The number of nitrogens with zero attached hydrogens (tertiary/aromatic N) is 1. The van der Waals surface area contributed by atoms with Gasteiger partial charge in [-0.3, -0.25) is 19.3 Å². The number of hydrogen-bond acceptors (Lipinski definition) is 3. The van der Waals surface area contributed by atoms with Gasteiger partial charge in [0.25, 0.3) is 11.8 Å². The van der Waals surface area contributed by atoms with Gasteiger partial charge in [-0.1, -0.05) is 0 Å². The molecule has 1 aliphatic heterocycles. The van der Waals surface area contributed by atoms with Crippen molar-refractivity contribution in [2.75, 3.05) is 6.54 Å². The Morgan fingerprint density at radius 3 is 2.35 bits per heavy atom. The normalized spacial score (nSPS) is 25.9. The van der Waals surface area contributed by atoms with Gasteiger partial charge in [0, 0.05) is 37.5 Å². The third-order valence-electron chi connectivity index (χ3n) is 4.16. The number of imide groups is 1. The smallest absolute Gasteiger partial charge is 0.253 e. The van der Waals surface area contributed by atoms with Crippen LogP contribution >= 0.6 is 0 Å². The maximum Gasteiger partial charge on any atom is 0.253 e. The minimum atomic E-state index is -0.220. The zero-order valence-electron chi connectivity index (χ0n) is 11.5. The standard InChI is InChI=1S/C16H19NO3/c1-2-3-4-14(18)13-7-5-12(6-8-13)11-17-15(19)9-10-16(17)20/h1,9-10,12-13H,3-8,11H2. The first kappa shape index (κ1) is 14.5. The Morgan fingerprint density at radius 2 is 1.80 bits per heavy atom. The van der Waals surface area contributed by atoms with Crippen LogP contribution in [-0.4, -0.2) is 29.0 Å². The van der Waals surface area contributed by atoms with Crippen molar-refractivity contribution in [3.8, 4) is 12.3 Å². The van der Waals surface area contributed by atoms with Crippen LogP contribution in [0.2, 0.25) is 0 Å². The summed E-state index contributed by atoms with van der Waals surface area (Å²) in [5.74, 6) is 2.75.